The quantitative estimate of drug-likeness (QED) is 0.597. The number of hydrogen-bond acceptors (Lipinski definition) is 4. The van der Waals surface area contributed by atoms with Crippen LogP contribution >= 0.6 is 0 Å². The molecule has 2 aromatic rings. The molecule has 7 nitrogen and oxygen atoms in total. The van der Waals surface area contributed by atoms with Crippen molar-refractivity contribution >= 4 is 5.96 Å². The van der Waals surface area contributed by atoms with E-state index in [4.69, 9.17) is 9.73 Å². The van der Waals surface area contributed by atoms with Crippen molar-refractivity contribution in [1.29, 1.82) is 0 Å². The lowest BCUT2D eigenvalue weighted by Crippen LogP contribution is -2.40. The number of likely N-dealkylation sites (tertiary alicyclic amines) is 1. The van der Waals surface area contributed by atoms with Gasteiger partial charge in [-0.1, -0.05) is 30.3 Å². The third-order valence-corrected chi connectivity index (χ3v) is 4.94. The van der Waals surface area contributed by atoms with Crippen LogP contribution in [0.25, 0.3) is 0 Å². The van der Waals surface area contributed by atoms with Crippen LogP contribution in [0.1, 0.15) is 30.6 Å². The second-order valence-electron chi connectivity index (χ2n) is 6.99. The maximum Gasteiger partial charge on any atom is 0.194 e. The first-order valence-electron chi connectivity index (χ1n) is 9.67. The van der Waals surface area contributed by atoms with E-state index in [0.717, 1.165) is 50.3 Å². The third-order valence-electron chi connectivity index (χ3n) is 4.94. The van der Waals surface area contributed by atoms with Gasteiger partial charge in [-0.25, -0.2) is 4.99 Å². The van der Waals surface area contributed by atoms with Crippen molar-refractivity contribution < 1.29 is 4.74 Å². The fraction of sp³-hybridized carbons (Fsp3) is 0.550. The van der Waals surface area contributed by atoms with Gasteiger partial charge >= 0.3 is 0 Å². The predicted octanol–water partition coefficient (Wildman–Crippen LogP) is 2.13. The lowest BCUT2D eigenvalue weighted by molar-refractivity contribution is 0.0906. The molecule has 0 aliphatic carbocycles. The standard InChI is InChI=1S/C20H30N6O/c1-4-21-20(22-12-19-24-23-16(2)25(19)3)26-11-10-18(13-26)15-27-14-17-8-6-5-7-9-17/h5-9,18H,4,10-15H2,1-3H3,(H,21,22). The molecule has 146 valence electrons. The third kappa shape index (κ3) is 5.29. The summed E-state index contributed by atoms with van der Waals surface area (Å²) < 4.78 is 7.91. The highest BCUT2D eigenvalue weighted by Crippen LogP contribution is 2.17. The molecule has 27 heavy (non-hydrogen) atoms. The Balaban J connectivity index is 1.51. The molecular formula is C20H30N6O. The van der Waals surface area contributed by atoms with E-state index in [0.29, 0.717) is 19.1 Å². The Kier molecular flexibility index (Phi) is 6.81. The highest BCUT2D eigenvalue weighted by atomic mass is 16.5. The smallest absolute Gasteiger partial charge is 0.194 e. The normalized spacial score (nSPS) is 17.5. The molecule has 1 N–H and O–H groups in total. The number of nitrogens with zero attached hydrogens (tertiary/aromatic N) is 5. The Bertz CT molecular complexity index is 742. The van der Waals surface area contributed by atoms with Crippen molar-refractivity contribution in [2.45, 2.75) is 33.4 Å². The van der Waals surface area contributed by atoms with E-state index in [1.807, 2.05) is 36.7 Å². The van der Waals surface area contributed by atoms with Crippen LogP contribution in [0.15, 0.2) is 35.3 Å². The molecule has 7 heteroatoms. The molecule has 1 atom stereocenters. The van der Waals surface area contributed by atoms with Gasteiger partial charge in [-0.15, -0.1) is 10.2 Å². The Morgan fingerprint density at radius 2 is 2.11 bits per heavy atom. The summed E-state index contributed by atoms with van der Waals surface area (Å²) in [6, 6.07) is 10.3. The first-order valence-corrected chi connectivity index (χ1v) is 9.67. The molecule has 0 spiro atoms. The predicted molar refractivity (Wildman–Crippen MR) is 106 cm³/mol. The van der Waals surface area contributed by atoms with Crippen molar-refractivity contribution in [2.24, 2.45) is 18.0 Å². The van der Waals surface area contributed by atoms with Gasteiger partial charge in [0.1, 0.15) is 12.4 Å². The molecule has 1 unspecified atom stereocenters. The Hall–Kier alpha value is -2.41. The number of aliphatic imine (C=N–C) groups is 1. The zero-order valence-electron chi connectivity index (χ0n) is 16.6. The van der Waals surface area contributed by atoms with Crippen molar-refractivity contribution in [3.05, 3.63) is 47.5 Å². The molecule has 0 amide bonds. The molecule has 1 aromatic carbocycles. The number of nitrogens with one attached hydrogen (secondary N) is 1. The van der Waals surface area contributed by atoms with Gasteiger partial charge in [0.25, 0.3) is 0 Å². The largest absolute Gasteiger partial charge is 0.376 e. The number of ether oxygens (including phenoxy) is 1. The van der Waals surface area contributed by atoms with E-state index in [-0.39, 0.29) is 0 Å². The van der Waals surface area contributed by atoms with Gasteiger partial charge in [0.05, 0.1) is 13.2 Å². The van der Waals surface area contributed by atoms with Gasteiger partial charge < -0.3 is 19.5 Å². The summed E-state index contributed by atoms with van der Waals surface area (Å²) in [4.78, 5) is 7.09. The fourth-order valence-electron chi connectivity index (χ4n) is 3.24. The summed E-state index contributed by atoms with van der Waals surface area (Å²) in [5.41, 5.74) is 1.22. The second kappa shape index (κ2) is 9.50. The second-order valence-corrected chi connectivity index (χ2v) is 6.99. The molecule has 1 aromatic heterocycles. The minimum absolute atomic E-state index is 0.533. The Morgan fingerprint density at radius 3 is 2.81 bits per heavy atom. The maximum absolute atomic E-state index is 5.93. The van der Waals surface area contributed by atoms with Crippen LogP contribution < -0.4 is 5.32 Å². The van der Waals surface area contributed by atoms with E-state index >= 15 is 0 Å². The molecule has 2 heterocycles. The Labute approximate surface area is 161 Å². The van der Waals surface area contributed by atoms with Crippen molar-refractivity contribution in [2.75, 3.05) is 26.2 Å². The molecule has 1 fully saturated rings. The van der Waals surface area contributed by atoms with Crippen molar-refractivity contribution in [3.63, 3.8) is 0 Å². The fourth-order valence-corrected chi connectivity index (χ4v) is 3.24. The zero-order chi connectivity index (χ0) is 19.1. The van der Waals surface area contributed by atoms with Gasteiger partial charge in [-0.3, -0.25) is 0 Å². The monoisotopic (exact) mass is 370 g/mol. The minimum Gasteiger partial charge on any atom is -0.376 e. The van der Waals surface area contributed by atoms with Crippen LogP contribution in [0.4, 0.5) is 0 Å². The highest BCUT2D eigenvalue weighted by Gasteiger charge is 2.25. The van der Waals surface area contributed by atoms with E-state index in [1.54, 1.807) is 0 Å². The maximum atomic E-state index is 5.93. The summed E-state index contributed by atoms with van der Waals surface area (Å²) in [6.07, 6.45) is 1.13. The number of benzene rings is 1. The SMILES string of the molecule is CCNC(=NCc1nnc(C)n1C)N1CCC(COCc2ccccc2)C1. The summed E-state index contributed by atoms with van der Waals surface area (Å²) >= 11 is 0. The molecule has 1 aliphatic rings. The average Bonchev–Trinajstić information content (AvgIpc) is 3.28. The first-order chi connectivity index (χ1) is 13.2. The zero-order valence-corrected chi connectivity index (χ0v) is 16.6. The Morgan fingerprint density at radius 1 is 1.30 bits per heavy atom. The van der Waals surface area contributed by atoms with Crippen LogP contribution in [0.3, 0.4) is 0 Å². The van der Waals surface area contributed by atoms with Gasteiger partial charge in [-0.2, -0.15) is 0 Å². The first kappa shape index (κ1) is 19.4. The lowest BCUT2D eigenvalue weighted by Gasteiger charge is -2.21. The molecule has 1 saturated heterocycles. The molecule has 3 rings (SSSR count). The minimum atomic E-state index is 0.533. The van der Waals surface area contributed by atoms with E-state index < -0.39 is 0 Å². The summed E-state index contributed by atoms with van der Waals surface area (Å²) in [7, 11) is 1.98. The van der Waals surface area contributed by atoms with E-state index in [2.05, 4.69) is 39.5 Å². The van der Waals surface area contributed by atoms with Crippen molar-refractivity contribution in [1.82, 2.24) is 25.0 Å². The molecule has 0 saturated carbocycles. The molecule has 1 aliphatic heterocycles. The van der Waals surface area contributed by atoms with Gasteiger partial charge in [-0.05, 0) is 25.8 Å². The summed E-state index contributed by atoms with van der Waals surface area (Å²) in [6.45, 7) is 8.87. The molecule has 0 bridgehead atoms. The average molecular weight is 371 g/mol. The number of hydrogen-bond donors (Lipinski definition) is 1. The van der Waals surface area contributed by atoms with Crippen LogP contribution in [-0.2, 0) is 24.9 Å². The lowest BCUT2D eigenvalue weighted by atomic mass is 10.1. The summed E-state index contributed by atoms with van der Waals surface area (Å²) in [5, 5.41) is 11.7. The van der Waals surface area contributed by atoms with Gasteiger partial charge in [0.2, 0.25) is 0 Å². The number of guanidine groups is 1. The molecule has 0 radical (unpaired) electrons. The van der Waals surface area contributed by atoms with E-state index in [1.165, 1.54) is 5.56 Å². The topological polar surface area (TPSA) is 67.6 Å². The van der Waals surface area contributed by atoms with E-state index in [9.17, 15) is 0 Å². The van der Waals surface area contributed by atoms with Crippen molar-refractivity contribution in [3.8, 4) is 0 Å². The number of aromatic nitrogens is 3. The van der Waals surface area contributed by atoms with Crippen LogP contribution in [-0.4, -0.2) is 51.9 Å². The van der Waals surface area contributed by atoms with Gasteiger partial charge in [0.15, 0.2) is 11.8 Å². The number of rotatable bonds is 7. The highest BCUT2D eigenvalue weighted by molar-refractivity contribution is 5.80. The van der Waals surface area contributed by atoms with Crippen LogP contribution in [0, 0.1) is 12.8 Å². The van der Waals surface area contributed by atoms with Gasteiger partial charge in [0, 0.05) is 32.6 Å². The van der Waals surface area contributed by atoms with Crippen LogP contribution in [0.2, 0.25) is 0 Å². The van der Waals surface area contributed by atoms with Crippen LogP contribution in [0.5, 0.6) is 0 Å². The summed E-state index contributed by atoms with van der Waals surface area (Å²) in [5.74, 6) is 3.27. The number of aryl methyl sites for hydroxylation is 1. The molecular weight excluding hydrogens is 340 g/mol.